The summed E-state index contributed by atoms with van der Waals surface area (Å²) in [5.74, 6) is -0.0171. The molecular formula is C73H143NO5. The second kappa shape index (κ2) is 69.1. The Morgan fingerprint density at radius 3 is 0.911 bits per heavy atom. The normalized spacial score (nSPS) is 12.5. The molecule has 0 heterocycles. The summed E-state index contributed by atoms with van der Waals surface area (Å²) in [6.07, 6.45) is 85.5. The van der Waals surface area contributed by atoms with Crippen LogP contribution in [0.4, 0.5) is 0 Å². The molecule has 0 aromatic carbocycles. The monoisotopic (exact) mass is 1110 g/mol. The van der Waals surface area contributed by atoms with E-state index >= 15 is 0 Å². The standard InChI is InChI=1S/C73H143NO5/c1-3-5-7-9-11-13-15-17-18-19-20-21-29-32-35-38-42-45-49-53-57-61-65-71(76)70(69-75)74-72(77)66-62-58-54-50-46-43-39-36-33-30-27-25-23-22-24-26-28-31-34-37-40-44-48-52-56-60-64-68-79-73(78)67-63-59-55-51-47-41-16-14-12-10-8-6-4-2/h14,16,70-71,75-76H,3-13,15,17-69H2,1-2H3,(H,74,77)/b16-14-. The minimum Gasteiger partial charge on any atom is -0.466 e. The van der Waals surface area contributed by atoms with Crippen LogP contribution in [0.2, 0.25) is 0 Å². The van der Waals surface area contributed by atoms with Gasteiger partial charge >= 0.3 is 5.97 Å². The molecule has 1 amide bonds. The summed E-state index contributed by atoms with van der Waals surface area (Å²) in [5.41, 5.74) is 0. The lowest BCUT2D eigenvalue weighted by Crippen LogP contribution is -2.45. The van der Waals surface area contributed by atoms with Gasteiger partial charge in [0, 0.05) is 12.8 Å². The third-order valence-corrected chi connectivity index (χ3v) is 17.3. The summed E-state index contributed by atoms with van der Waals surface area (Å²) in [4.78, 5) is 24.6. The van der Waals surface area contributed by atoms with Crippen LogP contribution in [-0.4, -0.2) is 47.4 Å². The van der Waals surface area contributed by atoms with E-state index in [1.54, 1.807) is 0 Å². The minimum absolute atomic E-state index is 0.00989. The molecule has 6 nitrogen and oxygen atoms in total. The van der Waals surface area contributed by atoms with Crippen LogP contribution in [0, 0.1) is 0 Å². The number of amides is 1. The minimum atomic E-state index is -0.663. The molecule has 0 aromatic heterocycles. The zero-order chi connectivity index (χ0) is 57.1. The Hall–Kier alpha value is -1.40. The number of ether oxygens (including phenoxy) is 1. The van der Waals surface area contributed by atoms with Crippen LogP contribution in [0.1, 0.15) is 418 Å². The second-order valence-corrected chi connectivity index (χ2v) is 25.3. The zero-order valence-corrected chi connectivity index (χ0v) is 53.9. The molecule has 0 bridgehead atoms. The van der Waals surface area contributed by atoms with Gasteiger partial charge in [-0.2, -0.15) is 0 Å². The lowest BCUT2D eigenvalue weighted by atomic mass is 10.0. The maximum atomic E-state index is 12.6. The number of hydrogen-bond acceptors (Lipinski definition) is 5. The molecule has 2 atom stereocenters. The van der Waals surface area contributed by atoms with Crippen molar-refractivity contribution >= 4 is 11.9 Å². The lowest BCUT2D eigenvalue weighted by molar-refractivity contribution is -0.143. The maximum Gasteiger partial charge on any atom is 0.305 e. The molecule has 79 heavy (non-hydrogen) atoms. The highest BCUT2D eigenvalue weighted by Gasteiger charge is 2.20. The molecule has 3 N–H and O–H groups in total. The fraction of sp³-hybridized carbons (Fsp3) is 0.945. The number of carbonyl (C=O) groups is 2. The Kier molecular flexibility index (Phi) is 67.9. The van der Waals surface area contributed by atoms with Gasteiger partial charge in [0.25, 0.3) is 0 Å². The van der Waals surface area contributed by atoms with Gasteiger partial charge in [-0.1, -0.05) is 366 Å². The highest BCUT2D eigenvalue weighted by Crippen LogP contribution is 2.20. The van der Waals surface area contributed by atoms with E-state index in [-0.39, 0.29) is 18.5 Å². The first-order valence-corrected chi connectivity index (χ1v) is 36.4. The molecule has 2 unspecified atom stereocenters. The van der Waals surface area contributed by atoms with Gasteiger partial charge in [-0.15, -0.1) is 0 Å². The van der Waals surface area contributed by atoms with E-state index in [1.807, 2.05) is 0 Å². The predicted octanol–water partition coefficient (Wildman–Crippen LogP) is 23.5. The third-order valence-electron chi connectivity index (χ3n) is 17.3. The van der Waals surface area contributed by atoms with Crippen LogP contribution in [0.25, 0.3) is 0 Å². The van der Waals surface area contributed by atoms with E-state index in [4.69, 9.17) is 4.74 Å². The molecule has 0 fully saturated rings. The number of rotatable bonds is 69. The topological polar surface area (TPSA) is 95.9 Å². The summed E-state index contributed by atoms with van der Waals surface area (Å²) < 4.78 is 5.48. The van der Waals surface area contributed by atoms with Crippen molar-refractivity contribution in [3.05, 3.63) is 12.2 Å². The molecule has 0 saturated heterocycles. The highest BCUT2D eigenvalue weighted by molar-refractivity contribution is 5.76. The first kappa shape index (κ1) is 77.6. The van der Waals surface area contributed by atoms with Crippen molar-refractivity contribution in [3.8, 4) is 0 Å². The molecule has 0 aliphatic heterocycles. The van der Waals surface area contributed by atoms with Crippen LogP contribution >= 0.6 is 0 Å². The summed E-state index contributed by atoms with van der Waals surface area (Å²) in [6, 6.07) is -0.540. The van der Waals surface area contributed by atoms with E-state index in [0.29, 0.717) is 25.9 Å². The zero-order valence-electron chi connectivity index (χ0n) is 53.9. The van der Waals surface area contributed by atoms with Crippen molar-refractivity contribution in [3.63, 3.8) is 0 Å². The predicted molar refractivity (Wildman–Crippen MR) is 347 cm³/mol. The number of carbonyl (C=O) groups excluding carboxylic acids is 2. The van der Waals surface area contributed by atoms with Crippen LogP contribution in [0.15, 0.2) is 12.2 Å². The first-order chi connectivity index (χ1) is 39.0. The van der Waals surface area contributed by atoms with E-state index in [2.05, 4.69) is 31.3 Å². The quantitative estimate of drug-likeness (QED) is 0.0320. The van der Waals surface area contributed by atoms with Gasteiger partial charge in [-0.3, -0.25) is 9.59 Å². The van der Waals surface area contributed by atoms with Gasteiger partial charge in [0.05, 0.1) is 25.4 Å². The smallest absolute Gasteiger partial charge is 0.305 e. The number of unbranched alkanes of at least 4 members (excludes halogenated alkanes) is 56. The Balaban J connectivity index is 3.35. The van der Waals surface area contributed by atoms with E-state index in [1.165, 1.54) is 340 Å². The van der Waals surface area contributed by atoms with Crippen LogP contribution in [0.3, 0.4) is 0 Å². The van der Waals surface area contributed by atoms with Gasteiger partial charge in [-0.05, 0) is 51.4 Å². The Labute approximate surface area is 495 Å². The number of aliphatic hydroxyl groups excluding tert-OH is 2. The summed E-state index contributed by atoms with van der Waals surface area (Å²) >= 11 is 0. The lowest BCUT2D eigenvalue weighted by Gasteiger charge is -2.22. The number of allylic oxidation sites excluding steroid dienone is 2. The van der Waals surface area contributed by atoms with Crippen molar-refractivity contribution in [1.29, 1.82) is 0 Å². The fourth-order valence-corrected chi connectivity index (χ4v) is 11.8. The fourth-order valence-electron chi connectivity index (χ4n) is 11.8. The number of nitrogens with one attached hydrogen (secondary N) is 1. The molecule has 0 rings (SSSR count). The molecule has 0 radical (unpaired) electrons. The van der Waals surface area contributed by atoms with Gasteiger partial charge in [0.15, 0.2) is 0 Å². The van der Waals surface area contributed by atoms with Gasteiger partial charge in [-0.25, -0.2) is 0 Å². The SMILES string of the molecule is CCCCCC/C=C\CCCCCCCC(=O)OCCCCCCCCCCCCCCCCCCCCCCCCCCCCCC(=O)NC(CO)C(O)CCCCCCCCCCCCCCCCCCCCCCCC. The van der Waals surface area contributed by atoms with Crippen molar-refractivity contribution < 1.29 is 24.5 Å². The molecular weight excluding hydrogens is 971 g/mol. The van der Waals surface area contributed by atoms with Crippen LogP contribution in [-0.2, 0) is 14.3 Å². The third kappa shape index (κ3) is 65.6. The summed E-state index contributed by atoms with van der Waals surface area (Å²) in [5, 5.41) is 23.4. The molecule has 6 heteroatoms. The van der Waals surface area contributed by atoms with Gasteiger partial charge in [0.2, 0.25) is 5.91 Å². The highest BCUT2D eigenvalue weighted by atomic mass is 16.5. The summed E-state index contributed by atoms with van der Waals surface area (Å²) in [7, 11) is 0. The second-order valence-electron chi connectivity index (χ2n) is 25.3. The molecule has 0 aromatic rings. The molecule has 0 aliphatic rings. The first-order valence-electron chi connectivity index (χ1n) is 36.4. The summed E-state index contributed by atoms with van der Waals surface area (Å²) in [6.45, 7) is 4.98. The molecule has 470 valence electrons. The number of aliphatic hydroxyl groups is 2. The van der Waals surface area contributed by atoms with Crippen LogP contribution in [0.5, 0.6) is 0 Å². The average molecular weight is 1110 g/mol. The molecule has 0 spiro atoms. The van der Waals surface area contributed by atoms with Crippen LogP contribution < -0.4 is 5.32 Å². The molecule has 0 aliphatic carbocycles. The molecule has 0 saturated carbocycles. The van der Waals surface area contributed by atoms with Crippen molar-refractivity contribution in [2.24, 2.45) is 0 Å². The number of hydrogen-bond donors (Lipinski definition) is 3. The van der Waals surface area contributed by atoms with E-state index in [9.17, 15) is 19.8 Å². The average Bonchev–Trinajstić information content (AvgIpc) is 3.45. The largest absolute Gasteiger partial charge is 0.466 e. The number of esters is 1. The Bertz CT molecular complexity index is 1190. The van der Waals surface area contributed by atoms with Crippen molar-refractivity contribution in [2.75, 3.05) is 13.2 Å². The van der Waals surface area contributed by atoms with E-state index < -0.39 is 12.1 Å². The van der Waals surface area contributed by atoms with Gasteiger partial charge < -0.3 is 20.3 Å². The maximum absolute atomic E-state index is 12.6. The van der Waals surface area contributed by atoms with Crippen molar-refractivity contribution in [2.45, 2.75) is 431 Å². The Morgan fingerprint density at radius 1 is 0.342 bits per heavy atom. The van der Waals surface area contributed by atoms with E-state index in [0.717, 1.165) is 44.9 Å². The Morgan fingerprint density at radius 2 is 0.595 bits per heavy atom. The van der Waals surface area contributed by atoms with Crippen molar-refractivity contribution in [1.82, 2.24) is 5.32 Å². The van der Waals surface area contributed by atoms with Gasteiger partial charge in [0.1, 0.15) is 0 Å².